The summed E-state index contributed by atoms with van der Waals surface area (Å²) in [6, 6.07) is 6.15. The summed E-state index contributed by atoms with van der Waals surface area (Å²) < 4.78 is 4.26. The van der Waals surface area contributed by atoms with Gasteiger partial charge < -0.3 is 5.73 Å². The van der Waals surface area contributed by atoms with Gasteiger partial charge in [-0.1, -0.05) is 35.0 Å². The lowest BCUT2D eigenvalue weighted by Crippen LogP contribution is -2.17. The molecule has 3 nitrogen and oxygen atoms in total. The first-order valence-corrected chi connectivity index (χ1v) is 8.82. The van der Waals surface area contributed by atoms with Crippen molar-refractivity contribution in [1.82, 2.24) is 9.78 Å². The Morgan fingerprint density at radius 3 is 2.62 bits per heavy atom. The van der Waals surface area contributed by atoms with Crippen molar-refractivity contribution in [3.8, 4) is 0 Å². The fraction of sp³-hybridized carbons (Fsp3) is 0.438. The summed E-state index contributed by atoms with van der Waals surface area (Å²) in [6.45, 7) is 7.19. The molecule has 0 saturated heterocycles. The molecule has 0 fully saturated rings. The molecule has 2 N–H and O–H groups in total. The predicted molar refractivity (Wildman–Crippen MR) is 94.5 cm³/mol. The summed E-state index contributed by atoms with van der Waals surface area (Å²) in [5.74, 6) is 0. The SMILES string of the molecule is CCc1nn(CC)c(CC(N)c2cccc(Br)c2C)c1Br. The van der Waals surface area contributed by atoms with E-state index in [1.54, 1.807) is 0 Å². The molecule has 1 unspecified atom stereocenters. The number of hydrogen-bond donors (Lipinski definition) is 1. The molecule has 1 atom stereocenters. The molecule has 1 heterocycles. The fourth-order valence-corrected chi connectivity index (χ4v) is 3.66. The van der Waals surface area contributed by atoms with Gasteiger partial charge in [-0.05, 0) is 53.4 Å². The first-order chi connectivity index (χ1) is 9.99. The first kappa shape index (κ1) is 16.7. The van der Waals surface area contributed by atoms with Gasteiger partial charge in [-0.25, -0.2) is 0 Å². The number of benzene rings is 1. The van der Waals surface area contributed by atoms with Crippen LogP contribution in [0.5, 0.6) is 0 Å². The lowest BCUT2D eigenvalue weighted by molar-refractivity contribution is 0.583. The third kappa shape index (κ3) is 3.41. The highest BCUT2D eigenvalue weighted by Gasteiger charge is 2.19. The molecule has 0 amide bonds. The van der Waals surface area contributed by atoms with Crippen LogP contribution in [0.2, 0.25) is 0 Å². The highest BCUT2D eigenvalue weighted by atomic mass is 79.9. The predicted octanol–water partition coefficient (Wildman–Crippen LogP) is 4.54. The number of nitrogens with two attached hydrogens (primary N) is 1. The molecular formula is C16H21Br2N3. The van der Waals surface area contributed by atoms with Crippen molar-refractivity contribution < 1.29 is 0 Å². The van der Waals surface area contributed by atoms with Crippen LogP contribution in [-0.2, 0) is 19.4 Å². The lowest BCUT2D eigenvalue weighted by atomic mass is 9.98. The van der Waals surface area contributed by atoms with Gasteiger partial charge in [-0.2, -0.15) is 5.10 Å². The lowest BCUT2D eigenvalue weighted by Gasteiger charge is -2.16. The molecule has 0 radical (unpaired) electrons. The van der Waals surface area contributed by atoms with Gasteiger partial charge in [0.15, 0.2) is 0 Å². The van der Waals surface area contributed by atoms with Gasteiger partial charge in [-0.3, -0.25) is 4.68 Å². The van der Waals surface area contributed by atoms with Gasteiger partial charge >= 0.3 is 0 Å². The molecule has 0 saturated carbocycles. The molecule has 0 aliphatic carbocycles. The van der Waals surface area contributed by atoms with Gasteiger partial charge in [-0.15, -0.1) is 0 Å². The Labute approximate surface area is 143 Å². The van der Waals surface area contributed by atoms with Crippen LogP contribution in [0.4, 0.5) is 0 Å². The zero-order chi connectivity index (χ0) is 15.6. The van der Waals surface area contributed by atoms with Crippen molar-refractivity contribution in [3.63, 3.8) is 0 Å². The molecular weight excluding hydrogens is 394 g/mol. The molecule has 21 heavy (non-hydrogen) atoms. The number of nitrogens with zero attached hydrogens (tertiary/aromatic N) is 2. The van der Waals surface area contributed by atoms with Crippen LogP contribution in [0.1, 0.15) is 42.4 Å². The topological polar surface area (TPSA) is 43.8 Å². The minimum Gasteiger partial charge on any atom is -0.324 e. The van der Waals surface area contributed by atoms with Crippen LogP contribution in [0.15, 0.2) is 27.1 Å². The molecule has 0 aliphatic rings. The highest BCUT2D eigenvalue weighted by Crippen LogP contribution is 2.29. The Morgan fingerprint density at radius 1 is 1.29 bits per heavy atom. The quantitative estimate of drug-likeness (QED) is 0.780. The van der Waals surface area contributed by atoms with Crippen molar-refractivity contribution in [2.24, 2.45) is 5.73 Å². The average molecular weight is 415 g/mol. The van der Waals surface area contributed by atoms with Gasteiger partial charge in [0.1, 0.15) is 0 Å². The molecule has 114 valence electrons. The van der Waals surface area contributed by atoms with E-state index in [9.17, 15) is 0 Å². The van der Waals surface area contributed by atoms with Gasteiger partial charge in [0.2, 0.25) is 0 Å². The van der Waals surface area contributed by atoms with E-state index in [1.165, 1.54) is 16.8 Å². The smallest absolute Gasteiger partial charge is 0.0766 e. The largest absolute Gasteiger partial charge is 0.324 e. The second-order valence-electron chi connectivity index (χ2n) is 5.14. The number of rotatable bonds is 5. The monoisotopic (exact) mass is 413 g/mol. The number of halogens is 2. The number of aromatic nitrogens is 2. The maximum atomic E-state index is 6.46. The van der Waals surface area contributed by atoms with Crippen LogP contribution in [0, 0.1) is 6.92 Å². The van der Waals surface area contributed by atoms with Gasteiger partial charge in [0, 0.05) is 23.5 Å². The molecule has 0 aliphatic heterocycles. The highest BCUT2D eigenvalue weighted by molar-refractivity contribution is 9.10. The van der Waals surface area contributed by atoms with Crippen LogP contribution >= 0.6 is 31.9 Å². The van der Waals surface area contributed by atoms with Crippen molar-refractivity contribution in [3.05, 3.63) is 49.7 Å². The molecule has 1 aromatic carbocycles. The summed E-state index contributed by atoms with van der Waals surface area (Å²) in [7, 11) is 0. The van der Waals surface area contributed by atoms with Crippen molar-refractivity contribution in [2.45, 2.75) is 46.2 Å². The zero-order valence-corrected chi connectivity index (χ0v) is 15.8. The Balaban J connectivity index is 2.33. The van der Waals surface area contributed by atoms with E-state index >= 15 is 0 Å². The second kappa shape index (κ2) is 7.07. The Kier molecular flexibility index (Phi) is 5.63. The zero-order valence-electron chi connectivity index (χ0n) is 12.7. The standard InChI is InChI=1S/C16H21Br2N3/c1-4-14-16(18)15(21(5-2)20-14)9-13(19)11-7-6-8-12(17)10(11)3/h6-8,13H,4-5,9,19H2,1-3H3. The minimum atomic E-state index is -0.0366. The first-order valence-electron chi connectivity index (χ1n) is 7.24. The maximum Gasteiger partial charge on any atom is 0.0766 e. The molecule has 2 rings (SSSR count). The van der Waals surface area contributed by atoms with Crippen LogP contribution in [-0.4, -0.2) is 9.78 Å². The maximum absolute atomic E-state index is 6.46. The number of aryl methyl sites for hydroxylation is 2. The van der Waals surface area contributed by atoms with E-state index in [4.69, 9.17) is 5.73 Å². The third-order valence-electron chi connectivity index (χ3n) is 3.82. The Bertz CT molecular complexity index is 635. The minimum absolute atomic E-state index is 0.0366. The second-order valence-corrected chi connectivity index (χ2v) is 6.79. The van der Waals surface area contributed by atoms with Crippen molar-refractivity contribution in [1.29, 1.82) is 0 Å². The van der Waals surface area contributed by atoms with E-state index in [0.29, 0.717) is 0 Å². The molecule has 2 aromatic rings. The van der Waals surface area contributed by atoms with Crippen molar-refractivity contribution >= 4 is 31.9 Å². The molecule has 0 bridgehead atoms. The summed E-state index contributed by atoms with van der Waals surface area (Å²) >= 11 is 7.26. The fourth-order valence-electron chi connectivity index (χ4n) is 2.56. The molecule has 5 heteroatoms. The van der Waals surface area contributed by atoms with Gasteiger partial charge in [0.25, 0.3) is 0 Å². The van der Waals surface area contributed by atoms with E-state index in [-0.39, 0.29) is 6.04 Å². The summed E-state index contributed by atoms with van der Waals surface area (Å²) in [6.07, 6.45) is 1.70. The average Bonchev–Trinajstić information content (AvgIpc) is 2.78. The van der Waals surface area contributed by atoms with Crippen molar-refractivity contribution in [2.75, 3.05) is 0 Å². The van der Waals surface area contributed by atoms with E-state index in [1.807, 2.05) is 12.1 Å². The van der Waals surface area contributed by atoms with E-state index in [2.05, 4.69) is 68.5 Å². The number of hydrogen-bond acceptors (Lipinski definition) is 2. The van der Waals surface area contributed by atoms with Crippen LogP contribution in [0.25, 0.3) is 0 Å². The van der Waals surface area contributed by atoms with E-state index in [0.717, 1.165) is 34.0 Å². The molecule has 0 spiro atoms. The van der Waals surface area contributed by atoms with Crippen LogP contribution < -0.4 is 5.73 Å². The normalized spacial score (nSPS) is 12.7. The van der Waals surface area contributed by atoms with E-state index < -0.39 is 0 Å². The summed E-state index contributed by atoms with van der Waals surface area (Å²) in [4.78, 5) is 0. The van der Waals surface area contributed by atoms with Gasteiger partial charge in [0.05, 0.1) is 15.9 Å². The Hall–Kier alpha value is -0.650. The summed E-state index contributed by atoms with van der Waals surface area (Å²) in [5, 5.41) is 4.64. The molecule has 1 aromatic heterocycles. The summed E-state index contributed by atoms with van der Waals surface area (Å²) in [5.41, 5.74) is 11.1. The van der Waals surface area contributed by atoms with Crippen LogP contribution in [0.3, 0.4) is 0 Å². The Morgan fingerprint density at radius 2 is 2.00 bits per heavy atom. The third-order valence-corrected chi connectivity index (χ3v) is 5.59.